The van der Waals surface area contributed by atoms with E-state index in [0.717, 1.165) is 22.0 Å². The molecule has 1 amide bonds. The van der Waals surface area contributed by atoms with Gasteiger partial charge in [0.15, 0.2) is 0 Å². The number of rotatable bonds is 5. The Balaban J connectivity index is 1.76. The number of carbonyl (C=O) groups is 1. The van der Waals surface area contributed by atoms with Gasteiger partial charge in [0.1, 0.15) is 4.88 Å². The first-order valence-electron chi connectivity index (χ1n) is 7.72. The lowest BCUT2D eigenvalue weighted by molar-refractivity contribution is 0.0944. The zero-order valence-corrected chi connectivity index (χ0v) is 14.4. The van der Waals surface area contributed by atoms with Crippen molar-refractivity contribution in [1.82, 2.24) is 20.3 Å². The molecule has 0 fully saturated rings. The van der Waals surface area contributed by atoms with Crippen molar-refractivity contribution in [2.75, 3.05) is 0 Å². The van der Waals surface area contributed by atoms with Crippen LogP contribution in [0.3, 0.4) is 0 Å². The molecule has 0 saturated heterocycles. The van der Waals surface area contributed by atoms with Crippen LogP contribution >= 0.6 is 11.3 Å². The standard InChI is InChI=1S/C18H18N4OS/c1-12(10-15-11-19-8-9-20-15)21-18(23)17-16(22-13(2)24-17)14-6-4-3-5-7-14/h3-9,11-12H,10H2,1-2H3,(H,21,23)/t12-/m1/s1. The molecule has 6 heteroatoms. The predicted molar refractivity (Wildman–Crippen MR) is 95.0 cm³/mol. The van der Waals surface area contributed by atoms with Gasteiger partial charge in [-0.1, -0.05) is 30.3 Å². The molecule has 3 rings (SSSR count). The van der Waals surface area contributed by atoms with E-state index >= 15 is 0 Å². The molecule has 1 N–H and O–H groups in total. The molecule has 24 heavy (non-hydrogen) atoms. The second-order valence-corrected chi connectivity index (χ2v) is 6.76. The molecule has 0 aliphatic heterocycles. The van der Waals surface area contributed by atoms with E-state index in [1.165, 1.54) is 11.3 Å². The van der Waals surface area contributed by atoms with Gasteiger partial charge in [0.05, 0.1) is 16.4 Å². The molecule has 0 aliphatic carbocycles. The number of aryl methyl sites for hydroxylation is 1. The van der Waals surface area contributed by atoms with E-state index in [4.69, 9.17) is 0 Å². The fourth-order valence-electron chi connectivity index (χ4n) is 2.46. The molecule has 1 atom stereocenters. The van der Waals surface area contributed by atoms with E-state index in [9.17, 15) is 4.79 Å². The van der Waals surface area contributed by atoms with E-state index < -0.39 is 0 Å². The van der Waals surface area contributed by atoms with Crippen LogP contribution in [0.25, 0.3) is 11.3 Å². The van der Waals surface area contributed by atoms with Crippen molar-refractivity contribution in [3.8, 4) is 11.3 Å². The first-order chi connectivity index (χ1) is 11.6. The van der Waals surface area contributed by atoms with Crippen LogP contribution in [0.2, 0.25) is 0 Å². The van der Waals surface area contributed by atoms with Crippen LogP contribution in [-0.4, -0.2) is 26.9 Å². The summed E-state index contributed by atoms with van der Waals surface area (Å²) in [4.78, 5) is 26.1. The Morgan fingerprint density at radius 2 is 2.04 bits per heavy atom. The van der Waals surface area contributed by atoms with Gasteiger partial charge in [0.2, 0.25) is 0 Å². The van der Waals surface area contributed by atoms with Crippen molar-refractivity contribution >= 4 is 17.2 Å². The van der Waals surface area contributed by atoms with Crippen LogP contribution in [0.1, 0.15) is 27.3 Å². The summed E-state index contributed by atoms with van der Waals surface area (Å²) in [6, 6.07) is 9.74. The zero-order chi connectivity index (χ0) is 16.9. The summed E-state index contributed by atoms with van der Waals surface area (Å²) in [6.45, 7) is 3.87. The summed E-state index contributed by atoms with van der Waals surface area (Å²) in [5, 5.41) is 3.91. The molecule has 5 nitrogen and oxygen atoms in total. The largest absolute Gasteiger partial charge is 0.348 e. The Morgan fingerprint density at radius 3 is 2.75 bits per heavy atom. The van der Waals surface area contributed by atoms with Gasteiger partial charge in [-0.2, -0.15) is 0 Å². The van der Waals surface area contributed by atoms with Gasteiger partial charge in [0.25, 0.3) is 5.91 Å². The van der Waals surface area contributed by atoms with E-state index in [1.54, 1.807) is 18.6 Å². The third-order valence-corrected chi connectivity index (χ3v) is 4.47. The minimum atomic E-state index is -0.101. The van der Waals surface area contributed by atoms with E-state index in [1.807, 2.05) is 44.2 Å². The molecule has 0 aliphatic rings. The van der Waals surface area contributed by atoms with Gasteiger partial charge >= 0.3 is 0 Å². The Labute approximate surface area is 144 Å². The monoisotopic (exact) mass is 338 g/mol. The summed E-state index contributed by atoms with van der Waals surface area (Å²) in [7, 11) is 0. The second-order valence-electron chi connectivity index (χ2n) is 5.55. The van der Waals surface area contributed by atoms with Gasteiger partial charge in [-0.3, -0.25) is 14.8 Å². The highest BCUT2D eigenvalue weighted by molar-refractivity contribution is 7.14. The number of aromatic nitrogens is 3. The molecule has 0 unspecified atom stereocenters. The summed E-state index contributed by atoms with van der Waals surface area (Å²) in [6.07, 6.45) is 5.65. The maximum atomic E-state index is 12.7. The zero-order valence-electron chi connectivity index (χ0n) is 13.6. The topological polar surface area (TPSA) is 67.8 Å². The van der Waals surface area contributed by atoms with Crippen LogP contribution in [0.5, 0.6) is 0 Å². The normalized spacial score (nSPS) is 11.9. The molecule has 0 spiro atoms. The number of thiazole rings is 1. The van der Waals surface area contributed by atoms with E-state index in [2.05, 4.69) is 20.3 Å². The molecule has 122 valence electrons. The minimum absolute atomic E-state index is 0.0415. The maximum absolute atomic E-state index is 12.7. The third kappa shape index (κ3) is 3.83. The highest BCUT2D eigenvalue weighted by Gasteiger charge is 2.19. The maximum Gasteiger partial charge on any atom is 0.263 e. The summed E-state index contributed by atoms with van der Waals surface area (Å²) in [5.74, 6) is -0.101. The number of hydrogen-bond acceptors (Lipinski definition) is 5. The molecular formula is C18H18N4OS. The van der Waals surface area contributed by atoms with E-state index in [0.29, 0.717) is 11.3 Å². The minimum Gasteiger partial charge on any atom is -0.348 e. The van der Waals surface area contributed by atoms with Crippen molar-refractivity contribution < 1.29 is 4.79 Å². The van der Waals surface area contributed by atoms with Crippen molar-refractivity contribution in [3.05, 3.63) is 64.5 Å². The lowest BCUT2D eigenvalue weighted by Gasteiger charge is -2.13. The van der Waals surface area contributed by atoms with Crippen molar-refractivity contribution in [1.29, 1.82) is 0 Å². The summed E-state index contributed by atoms with van der Waals surface area (Å²) in [5.41, 5.74) is 2.55. The molecule has 3 aromatic rings. The van der Waals surface area contributed by atoms with Crippen molar-refractivity contribution in [3.63, 3.8) is 0 Å². The smallest absolute Gasteiger partial charge is 0.263 e. The summed E-state index contributed by atoms with van der Waals surface area (Å²) >= 11 is 1.41. The number of benzene rings is 1. The molecule has 2 heterocycles. The van der Waals surface area contributed by atoms with Crippen LogP contribution in [0, 0.1) is 6.92 Å². The highest BCUT2D eigenvalue weighted by atomic mass is 32.1. The molecular weight excluding hydrogens is 320 g/mol. The van der Waals surface area contributed by atoms with Gasteiger partial charge in [-0.25, -0.2) is 4.98 Å². The summed E-state index contributed by atoms with van der Waals surface area (Å²) < 4.78 is 0. The molecule has 2 aromatic heterocycles. The number of carbonyl (C=O) groups excluding carboxylic acids is 1. The van der Waals surface area contributed by atoms with E-state index in [-0.39, 0.29) is 11.9 Å². The Bertz CT molecular complexity index is 818. The molecule has 0 radical (unpaired) electrons. The van der Waals surface area contributed by atoms with Crippen LogP contribution < -0.4 is 5.32 Å². The SMILES string of the molecule is Cc1nc(-c2ccccc2)c(C(=O)N[C@H](C)Cc2cnccn2)s1. The average molecular weight is 338 g/mol. The first kappa shape index (κ1) is 16.3. The van der Waals surface area contributed by atoms with Crippen molar-refractivity contribution in [2.45, 2.75) is 26.3 Å². The molecule has 1 aromatic carbocycles. The fourth-order valence-corrected chi connectivity index (χ4v) is 3.31. The quantitative estimate of drug-likeness (QED) is 0.775. The van der Waals surface area contributed by atoms with Crippen LogP contribution in [-0.2, 0) is 6.42 Å². The lowest BCUT2D eigenvalue weighted by Crippen LogP contribution is -2.34. The number of nitrogens with one attached hydrogen (secondary N) is 1. The van der Waals surface area contributed by atoms with Crippen LogP contribution in [0.4, 0.5) is 0 Å². The average Bonchev–Trinajstić information content (AvgIpc) is 2.98. The second kappa shape index (κ2) is 7.31. The Hall–Kier alpha value is -2.60. The van der Waals surface area contributed by atoms with Gasteiger partial charge in [0, 0.05) is 36.6 Å². The van der Waals surface area contributed by atoms with Gasteiger partial charge in [-0.05, 0) is 13.8 Å². The predicted octanol–water partition coefficient (Wildman–Crippen LogP) is 3.27. The molecule has 0 saturated carbocycles. The lowest BCUT2D eigenvalue weighted by atomic mass is 10.1. The first-order valence-corrected chi connectivity index (χ1v) is 8.53. The highest BCUT2D eigenvalue weighted by Crippen LogP contribution is 2.27. The number of nitrogens with zero attached hydrogens (tertiary/aromatic N) is 3. The number of amides is 1. The fraction of sp³-hybridized carbons (Fsp3) is 0.222. The van der Waals surface area contributed by atoms with Gasteiger partial charge < -0.3 is 5.32 Å². The third-order valence-electron chi connectivity index (χ3n) is 3.50. The number of hydrogen-bond donors (Lipinski definition) is 1. The Morgan fingerprint density at radius 1 is 1.25 bits per heavy atom. The van der Waals surface area contributed by atoms with Gasteiger partial charge in [-0.15, -0.1) is 11.3 Å². The molecule has 0 bridgehead atoms. The van der Waals surface area contributed by atoms with Crippen LogP contribution in [0.15, 0.2) is 48.9 Å². The Kier molecular flexibility index (Phi) is 4.96. The van der Waals surface area contributed by atoms with Crippen molar-refractivity contribution in [2.24, 2.45) is 0 Å².